The molecule has 1 heterocycles. The maximum absolute atomic E-state index is 2.88. The second-order valence-corrected chi connectivity index (χ2v) is 9.41. The fourth-order valence-electron chi connectivity index (χ4n) is 6.31. The van der Waals surface area contributed by atoms with Crippen molar-refractivity contribution in [2.45, 2.75) is 110 Å². The molecule has 3 rings (SSSR count). The first-order chi connectivity index (χ1) is 11.8. The van der Waals surface area contributed by atoms with Gasteiger partial charge in [-0.2, -0.15) is 0 Å². The largest absolute Gasteiger partial charge is 0.300 e. The molecular weight excluding hydrogens is 290 g/mol. The molecule has 0 aromatic carbocycles. The molecule has 3 aliphatic rings. The molecule has 2 saturated carbocycles. The minimum Gasteiger partial charge on any atom is -0.300 e. The third kappa shape index (κ3) is 4.99. The highest BCUT2D eigenvalue weighted by molar-refractivity contribution is 4.86. The summed E-state index contributed by atoms with van der Waals surface area (Å²) in [4.78, 5) is 2.88. The number of hydrogen-bond acceptors (Lipinski definition) is 1. The van der Waals surface area contributed by atoms with E-state index in [-0.39, 0.29) is 0 Å². The molecule has 0 aromatic rings. The number of hydrogen-bond donors (Lipinski definition) is 0. The summed E-state index contributed by atoms with van der Waals surface area (Å²) in [7, 11) is 0. The second kappa shape index (κ2) is 9.60. The Kier molecular flexibility index (Phi) is 7.50. The van der Waals surface area contributed by atoms with Gasteiger partial charge in [0, 0.05) is 6.04 Å². The summed E-state index contributed by atoms with van der Waals surface area (Å²) in [5.41, 5.74) is 0. The average molecular weight is 334 g/mol. The highest BCUT2D eigenvalue weighted by Crippen LogP contribution is 2.42. The van der Waals surface area contributed by atoms with E-state index >= 15 is 0 Å². The minimum atomic E-state index is 0.945. The van der Waals surface area contributed by atoms with Crippen LogP contribution in [0.15, 0.2) is 0 Å². The van der Waals surface area contributed by atoms with Gasteiger partial charge in [-0.25, -0.2) is 0 Å². The number of piperidine rings is 1. The standard InChI is InChI=1S/C23H43N/c1-3-5-19-7-9-21(10-8-19)22-11-13-23(14-12-22)24-17-15-20(6-4-2)16-18-24/h19-23H,3-18H2,1-2H3/t19-,21-,22?,23?. The Bertz CT molecular complexity index is 294. The van der Waals surface area contributed by atoms with Gasteiger partial charge in [-0.05, 0) is 88.1 Å². The molecule has 1 heteroatoms. The third-order valence-corrected chi connectivity index (χ3v) is 7.86. The summed E-state index contributed by atoms with van der Waals surface area (Å²) in [6, 6.07) is 0.945. The lowest BCUT2D eigenvalue weighted by atomic mass is 9.69. The van der Waals surface area contributed by atoms with Crippen molar-refractivity contribution in [1.29, 1.82) is 0 Å². The molecule has 1 saturated heterocycles. The maximum atomic E-state index is 2.88. The zero-order chi connectivity index (χ0) is 16.8. The fourth-order valence-corrected chi connectivity index (χ4v) is 6.31. The molecule has 0 radical (unpaired) electrons. The molecule has 0 unspecified atom stereocenters. The summed E-state index contributed by atoms with van der Waals surface area (Å²) < 4.78 is 0. The summed E-state index contributed by atoms with van der Waals surface area (Å²) in [6.45, 7) is 7.52. The van der Waals surface area contributed by atoms with Crippen molar-refractivity contribution < 1.29 is 0 Å². The Hall–Kier alpha value is -0.0400. The summed E-state index contributed by atoms with van der Waals surface area (Å²) in [5.74, 6) is 4.30. The second-order valence-electron chi connectivity index (χ2n) is 9.41. The van der Waals surface area contributed by atoms with Gasteiger partial charge >= 0.3 is 0 Å². The minimum absolute atomic E-state index is 0.945. The zero-order valence-corrected chi connectivity index (χ0v) is 16.6. The lowest BCUT2D eigenvalue weighted by molar-refractivity contribution is 0.0721. The van der Waals surface area contributed by atoms with E-state index in [2.05, 4.69) is 18.7 Å². The van der Waals surface area contributed by atoms with Gasteiger partial charge in [-0.1, -0.05) is 52.4 Å². The van der Waals surface area contributed by atoms with E-state index in [1.54, 1.807) is 38.5 Å². The van der Waals surface area contributed by atoms with Crippen LogP contribution >= 0.6 is 0 Å². The van der Waals surface area contributed by atoms with Crippen LogP contribution in [0, 0.1) is 23.7 Å². The van der Waals surface area contributed by atoms with Crippen LogP contribution in [0.3, 0.4) is 0 Å². The molecule has 3 fully saturated rings. The number of rotatable bonds is 6. The SMILES string of the molecule is CCCC1CCN(C2CCC([C@H]3CC[C@H](CCC)CC3)CC2)CC1. The number of nitrogens with zero attached hydrogens (tertiary/aromatic N) is 1. The lowest BCUT2D eigenvalue weighted by Gasteiger charge is -2.43. The molecule has 0 atom stereocenters. The van der Waals surface area contributed by atoms with Crippen LogP contribution in [-0.2, 0) is 0 Å². The van der Waals surface area contributed by atoms with Crippen molar-refractivity contribution in [2.24, 2.45) is 23.7 Å². The van der Waals surface area contributed by atoms with Crippen molar-refractivity contribution in [3.8, 4) is 0 Å². The van der Waals surface area contributed by atoms with E-state index in [1.165, 1.54) is 64.5 Å². The number of likely N-dealkylation sites (tertiary alicyclic amines) is 1. The molecule has 0 N–H and O–H groups in total. The van der Waals surface area contributed by atoms with E-state index in [9.17, 15) is 0 Å². The zero-order valence-electron chi connectivity index (χ0n) is 16.6. The van der Waals surface area contributed by atoms with Crippen molar-refractivity contribution in [1.82, 2.24) is 4.90 Å². The van der Waals surface area contributed by atoms with Crippen LogP contribution in [0.25, 0.3) is 0 Å². The summed E-state index contributed by atoms with van der Waals surface area (Å²) in [5, 5.41) is 0. The van der Waals surface area contributed by atoms with Crippen molar-refractivity contribution in [2.75, 3.05) is 13.1 Å². The van der Waals surface area contributed by atoms with Crippen LogP contribution < -0.4 is 0 Å². The van der Waals surface area contributed by atoms with Gasteiger partial charge < -0.3 is 4.90 Å². The maximum Gasteiger partial charge on any atom is 0.00954 e. The first-order valence-corrected chi connectivity index (χ1v) is 11.5. The predicted molar refractivity (Wildman–Crippen MR) is 105 cm³/mol. The Balaban J connectivity index is 1.36. The van der Waals surface area contributed by atoms with E-state index in [4.69, 9.17) is 0 Å². The lowest BCUT2D eigenvalue weighted by Crippen LogP contribution is -2.43. The molecule has 1 nitrogen and oxygen atoms in total. The van der Waals surface area contributed by atoms with E-state index in [0.29, 0.717) is 0 Å². The Morgan fingerprint density at radius 3 is 1.54 bits per heavy atom. The third-order valence-electron chi connectivity index (χ3n) is 7.86. The van der Waals surface area contributed by atoms with Gasteiger partial charge in [0.1, 0.15) is 0 Å². The molecule has 0 aromatic heterocycles. The Labute approximate surface area is 152 Å². The van der Waals surface area contributed by atoms with Gasteiger partial charge in [0.05, 0.1) is 0 Å². The van der Waals surface area contributed by atoms with E-state index < -0.39 is 0 Å². The molecule has 24 heavy (non-hydrogen) atoms. The van der Waals surface area contributed by atoms with Gasteiger partial charge in [0.2, 0.25) is 0 Å². The van der Waals surface area contributed by atoms with Crippen LogP contribution in [0.1, 0.15) is 104 Å². The summed E-state index contributed by atoms with van der Waals surface area (Å²) in [6.07, 6.45) is 21.0. The van der Waals surface area contributed by atoms with Crippen molar-refractivity contribution >= 4 is 0 Å². The highest BCUT2D eigenvalue weighted by Gasteiger charge is 2.33. The average Bonchev–Trinajstić information content (AvgIpc) is 2.64. The summed E-state index contributed by atoms with van der Waals surface area (Å²) >= 11 is 0. The van der Waals surface area contributed by atoms with Gasteiger partial charge in [-0.15, -0.1) is 0 Å². The first kappa shape index (κ1) is 18.7. The predicted octanol–water partition coefficient (Wildman–Crippen LogP) is 6.66. The van der Waals surface area contributed by atoms with Crippen LogP contribution in [0.5, 0.6) is 0 Å². The Morgan fingerprint density at radius 1 is 0.583 bits per heavy atom. The fraction of sp³-hybridized carbons (Fsp3) is 1.00. The normalized spacial score (nSPS) is 36.8. The molecular formula is C23H43N. The van der Waals surface area contributed by atoms with E-state index in [0.717, 1.165) is 29.7 Å². The van der Waals surface area contributed by atoms with Gasteiger partial charge in [-0.3, -0.25) is 0 Å². The van der Waals surface area contributed by atoms with Gasteiger partial charge in [0.15, 0.2) is 0 Å². The highest BCUT2D eigenvalue weighted by atomic mass is 15.2. The van der Waals surface area contributed by atoms with E-state index in [1.807, 2.05) is 0 Å². The topological polar surface area (TPSA) is 3.24 Å². The molecule has 0 spiro atoms. The molecule has 140 valence electrons. The molecule has 2 aliphatic carbocycles. The van der Waals surface area contributed by atoms with Crippen molar-refractivity contribution in [3.05, 3.63) is 0 Å². The monoisotopic (exact) mass is 333 g/mol. The van der Waals surface area contributed by atoms with Crippen molar-refractivity contribution in [3.63, 3.8) is 0 Å². The quantitative estimate of drug-likeness (QED) is 0.525. The van der Waals surface area contributed by atoms with Crippen LogP contribution in [0.2, 0.25) is 0 Å². The molecule has 0 bridgehead atoms. The molecule has 0 amide bonds. The first-order valence-electron chi connectivity index (χ1n) is 11.5. The van der Waals surface area contributed by atoms with Crippen LogP contribution in [0.4, 0.5) is 0 Å². The molecule has 1 aliphatic heterocycles. The Morgan fingerprint density at radius 2 is 1.04 bits per heavy atom. The van der Waals surface area contributed by atoms with Gasteiger partial charge in [0.25, 0.3) is 0 Å². The van der Waals surface area contributed by atoms with Crippen LogP contribution in [-0.4, -0.2) is 24.0 Å². The smallest absolute Gasteiger partial charge is 0.00954 e.